The summed E-state index contributed by atoms with van der Waals surface area (Å²) in [6.07, 6.45) is 9.03. The molecule has 0 bridgehead atoms. The van der Waals surface area contributed by atoms with Crippen LogP contribution in [0.2, 0.25) is 0 Å². The van der Waals surface area contributed by atoms with Gasteiger partial charge in [-0.05, 0) is 12.8 Å². The molecule has 106 valence electrons. The number of carbonyl (C=O) groups is 1. The zero-order chi connectivity index (χ0) is 14.0. The fraction of sp³-hybridized carbons (Fsp3) is 0.500. The van der Waals surface area contributed by atoms with Crippen LogP contribution in [0.5, 0.6) is 0 Å². The van der Waals surface area contributed by atoms with E-state index in [0.29, 0.717) is 6.54 Å². The Balaban J connectivity index is 1.60. The Bertz CT molecular complexity index is 556. The largest absolute Gasteiger partial charge is 0.341 e. The Morgan fingerprint density at radius 3 is 2.80 bits per heavy atom. The van der Waals surface area contributed by atoms with Crippen molar-refractivity contribution in [2.75, 3.05) is 13.1 Å². The van der Waals surface area contributed by atoms with Crippen LogP contribution in [0.15, 0.2) is 30.3 Å². The SMILES string of the molecule is CC1(c2nccs2)CCN(C(=O)Cn2ccnc2)CC1. The van der Waals surface area contributed by atoms with E-state index in [-0.39, 0.29) is 11.3 Å². The van der Waals surface area contributed by atoms with Gasteiger partial charge in [0.15, 0.2) is 0 Å². The van der Waals surface area contributed by atoms with Crippen molar-refractivity contribution >= 4 is 17.2 Å². The minimum Gasteiger partial charge on any atom is -0.341 e. The van der Waals surface area contributed by atoms with E-state index >= 15 is 0 Å². The van der Waals surface area contributed by atoms with E-state index in [9.17, 15) is 4.79 Å². The highest BCUT2D eigenvalue weighted by Gasteiger charge is 2.35. The van der Waals surface area contributed by atoms with Gasteiger partial charge in [0.2, 0.25) is 5.91 Å². The number of thiazole rings is 1. The molecule has 2 aromatic rings. The van der Waals surface area contributed by atoms with Crippen molar-refractivity contribution in [2.45, 2.75) is 31.7 Å². The highest BCUT2D eigenvalue weighted by Crippen LogP contribution is 2.36. The Labute approximate surface area is 122 Å². The van der Waals surface area contributed by atoms with E-state index < -0.39 is 0 Å². The Hall–Kier alpha value is -1.69. The molecule has 0 aromatic carbocycles. The van der Waals surface area contributed by atoms with Gasteiger partial charge in [-0.1, -0.05) is 6.92 Å². The van der Waals surface area contributed by atoms with Crippen LogP contribution in [0.4, 0.5) is 0 Å². The summed E-state index contributed by atoms with van der Waals surface area (Å²) in [4.78, 5) is 22.6. The average molecular weight is 290 g/mol. The molecule has 2 aromatic heterocycles. The predicted octanol–water partition coefficient (Wildman–Crippen LogP) is 1.92. The molecule has 0 spiro atoms. The molecule has 5 nitrogen and oxygen atoms in total. The van der Waals surface area contributed by atoms with E-state index in [1.165, 1.54) is 5.01 Å². The molecule has 1 saturated heterocycles. The molecule has 6 heteroatoms. The summed E-state index contributed by atoms with van der Waals surface area (Å²) in [5.74, 6) is 0.171. The molecule has 3 heterocycles. The molecule has 1 fully saturated rings. The van der Waals surface area contributed by atoms with Crippen molar-refractivity contribution in [2.24, 2.45) is 0 Å². The van der Waals surface area contributed by atoms with Crippen molar-refractivity contribution in [1.82, 2.24) is 19.4 Å². The van der Waals surface area contributed by atoms with Gasteiger partial charge in [-0.2, -0.15) is 0 Å². The minimum atomic E-state index is 0.125. The van der Waals surface area contributed by atoms with Crippen molar-refractivity contribution in [1.29, 1.82) is 0 Å². The summed E-state index contributed by atoms with van der Waals surface area (Å²) in [7, 11) is 0. The van der Waals surface area contributed by atoms with E-state index in [1.807, 2.05) is 27.2 Å². The van der Waals surface area contributed by atoms with Crippen LogP contribution in [0.3, 0.4) is 0 Å². The van der Waals surface area contributed by atoms with Crippen LogP contribution < -0.4 is 0 Å². The summed E-state index contributed by atoms with van der Waals surface area (Å²) in [5.41, 5.74) is 0.125. The lowest BCUT2D eigenvalue weighted by atomic mass is 9.81. The first kappa shape index (κ1) is 13.3. The van der Waals surface area contributed by atoms with Gasteiger partial charge in [0.25, 0.3) is 0 Å². The van der Waals surface area contributed by atoms with E-state index in [1.54, 1.807) is 23.9 Å². The molecular formula is C14H18N4OS. The highest BCUT2D eigenvalue weighted by molar-refractivity contribution is 7.09. The van der Waals surface area contributed by atoms with Gasteiger partial charge in [-0.15, -0.1) is 11.3 Å². The third kappa shape index (κ3) is 2.60. The zero-order valence-electron chi connectivity index (χ0n) is 11.5. The fourth-order valence-electron chi connectivity index (χ4n) is 2.62. The van der Waals surface area contributed by atoms with E-state index in [0.717, 1.165) is 25.9 Å². The van der Waals surface area contributed by atoms with Crippen molar-refractivity contribution < 1.29 is 4.79 Å². The van der Waals surface area contributed by atoms with Crippen LogP contribution in [0, 0.1) is 0 Å². The maximum atomic E-state index is 12.2. The molecular weight excluding hydrogens is 272 g/mol. The molecule has 1 aliphatic rings. The van der Waals surface area contributed by atoms with Gasteiger partial charge in [0, 0.05) is 42.5 Å². The first-order valence-corrected chi connectivity index (χ1v) is 7.69. The molecule has 0 N–H and O–H groups in total. The second-order valence-corrected chi connectivity index (χ2v) is 6.41. The maximum Gasteiger partial charge on any atom is 0.242 e. The smallest absolute Gasteiger partial charge is 0.242 e. The number of rotatable bonds is 3. The standard InChI is InChI=1S/C14H18N4OS/c1-14(13-16-5-9-20-13)2-6-18(7-3-14)12(19)10-17-8-4-15-11-17/h4-5,8-9,11H,2-3,6-7,10H2,1H3. The monoisotopic (exact) mass is 290 g/mol. The van der Waals surface area contributed by atoms with Crippen molar-refractivity contribution in [3.05, 3.63) is 35.3 Å². The minimum absolute atomic E-state index is 0.125. The molecule has 0 aliphatic carbocycles. The lowest BCUT2D eigenvalue weighted by molar-refractivity contribution is -0.133. The summed E-state index contributed by atoms with van der Waals surface area (Å²) < 4.78 is 1.82. The van der Waals surface area contributed by atoms with Crippen LogP contribution in [-0.4, -0.2) is 38.4 Å². The number of imidazole rings is 1. The normalized spacial score (nSPS) is 18.1. The molecule has 20 heavy (non-hydrogen) atoms. The summed E-state index contributed by atoms with van der Waals surface area (Å²) in [6, 6.07) is 0. The topological polar surface area (TPSA) is 51.0 Å². The third-order valence-corrected chi connectivity index (χ3v) is 5.12. The number of likely N-dealkylation sites (tertiary alicyclic amines) is 1. The predicted molar refractivity (Wildman–Crippen MR) is 77.5 cm³/mol. The number of hydrogen-bond acceptors (Lipinski definition) is 4. The Morgan fingerprint density at radius 1 is 1.40 bits per heavy atom. The maximum absolute atomic E-state index is 12.2. The summed E-state index contributed by atoms with van der Waals surface area (Å²) in [6.45, 7) is 4.25. The molecule has 0 atom stereocenters. The summed E-state index contributed by atoms with van der Waals surface area (Å²) >= 11 is 1.71. The van der Waals surface area contributed by atoms with Crippen LogP contribution in [0.25, 0.3) is 0 Å². The molecule has 1 aliphatic heterocycles. The van der Waals surface area contributed by atoms with Gasteiger partial charge >= 0.3 is 0 Å². The Morgan fingerprint density at radius 2 is 2.20 bits per heavy atom. The third-order valence-electron chi connectivity index (χ3n) is 4.05. The number of piperidine rings is 1. The van der Waals surface area contributed by atoms with Crippen molar-refractivity contribution in [3.63, 3.8) is 0 Å². The summed E-state index contributed by atoms with van der Waals surface area (Å²) in [5, 5.41) is 3.22. The number of nitrogens with zero attached hydrogens (tertiary/aromatic N) is 4. The van der Waals surface area contributed by atoms with E-state index in [4.69, 9.17) is 0 Å². The highest BCUT2D eigenvalue weighted by atomic mass is 32.1. The zero-order valence-corrected chi connectivity index (χ0v) is 12.3. The lowest BCUT2D eigenvalue weighted by Gasteiger charge is -2.38. The molecule has 3 rings (SSSR count). The Kier molecular flexibility index (Phi) is 3.56. The second kappa shape index (κ2) is 5.36. The lowest BCUT2D eigenvalue weighted by Crippen LogP contribution is -2.44. The van der Waals surface area contributed by atoms with Gasteiger partial charge in [0.1, 0.15) is 6.54 Å². The van der Waals surface area contributed by atoms with Gasteiger partial charge in [-0.3, -0.25) is 4.79 Å². The number of carbonyl (C=O) groups excluding carboxylic acids is 1. The fourth-order valence-corrected chi connectivity index (χ4v) is 3.48. The van der Waals surface area contributed by atoms with Crippen molar-refractivity contribution in [3.8, 4) is 0 Å². The molecule has 0 unspecified atom stereocenters. The average Bonchev–Trinajstić information content (AvgIpc) is 3.12. The molecule has 0 radical (unpaired) electrons. The first-order chi connectivity index (χ1) is 9.67. The number of hydrogen-bond donors (Lipinski definition) is 0. The van der Waals surface area contributed by atoms with Gasteiger partial charge < -0.3 is 9.47 Å². The van der Waals surface area contributed by atoms with Gasteiger partial charge in [-0.25, -0.2) is 9.97 Å². The van der Waals surface area contributed by atoms with E-state index in [2.05, 4.69) is 16.9 Å². The number of amides is 1. The van der Waals surface area contributed by atoms with Crippen LogP contribution in [0.1, 0.15) is 24.8 Å². The quantitative estimate of drug-likeness (QED) is 0.868. The molecule has 1 amide bonds. The number of aromatic nitrogens is 3. The molecule has 0 saturated carbocycles. The van der Waals surface area contributed by atoms with Crippen LogP contribution in [-0.2, 0) is 16.8 Å². The van der Waals surface area contributed by atoms with Gasteiger partial charge in [0.05, 0.1) is 11.3 Å². The first-order valence-electron chi connectivity index (χ1n) is 6.81. The van der Waals surface area contributed by atoms with Crippen LogP contribution >= 0.6 is 11.3 Å². The second-order valence-electron chi connectivity index (χ2n) is 5.51.